The van der Waals surface area contributed by atoms with Crippen LogP contribution in [0.5, 0.6) is 5.75 Å². The highest BCUT2D eigenvalue weighted by molar-refractivity contribution is 9.10. The van der Waals surface area contributed by atoms with Crippen LogP contribution < -0.4 is 5.43 Å². The molecule has 2 N–H and O–H groups in total. The average molecular weight is 495 g/mol. The molecule has 7 heteroatoms. The summed E-state index contributed by atoms with van der Waals surface area (Å²) < 4.78 is 1.92. The minimum absolute atomic E-state index is 0.0283. The Kier molecular flexibility index (Phi) is 7.04. The van der Waals surface area contributed by atoms with Gasteiger partial charge in [0, 0.05) is 27.0 Å². The molecule has 1 fully saturated rings. The van der Waals surface area contributed by atoms with Gasteiger partial charge < -0.3 is 5.11 Å². The van der Waals surface area contributed by atoms with Crippen molar-refractivity contribution in [2.75, 3.05) is 13.1 Å². The van der Waals surface area contributed by atoms with Crippen LogP contribution in [-0.2, 0) is 11.3 Å². The first-order valence-corrected chi connectivity index (χ1v) is 10.4. The van der Waals surface area contributed by atoms with Crippen LogP contribution in [0.25, 0.3) is 0 Å². The van der Waals surface area contributed by atoms with Crippen molar-refractivity contribution >= 4 is 44.0 Å². The number of likely N-dealkylation sites (tertiary alicyclic amines) is 1. The molecular weight excluding hydrogens is 474 g/mol. The molecule has 1 aliphatic heterocycles. The summed E-state index contributed by atoms with van der Waals surface area (Å²) in [5.74, 6) is 0.0286. The molecule has 2 aromatic rings. The number of carbonyl (C=O) groups excluding carboxylic acids is 1. The predicted octanol–water partition coefficient (Wildman–Crippen LogP) is 4.28. The van der Waals surface area contributed by atoms with Gasteiger partial charge in [0.15, 0.2) is 0 Å². The first-order valence-electron chi connectivity index (χ1n) is 8.79. The fourth-order valence-corrected chi connectivity index (χ4v) is 3.73. The van der Waals surface area contributed by atoms with Crippen LogP contribution >= 0.6 is 31.9 Å². The maximum absolute atomic E-state index is 12.3. The zero-order valence-electron chi connectivity index (χ0n) is 14.7. The van der Waals surface area contributed by atoms with Gasteiger partial charge in [0.05, 0.1) is 6.21 Å². The van der Waals surface area contributed by atoms with Crippen molar-refractivity contribution in [2.24, 2.45) is 11.0 Å². The highest BCUT2D eigenvalue weighted by atomic mass is 79.9. The van der Waals surface area contributed by atoms with Crippen LogP contribution in [0.1, 0.15) is 24.0 Å². The van der Waals surface area contributed by atoms with Crippen molar-refractivity contribution in [1.82, 2.24) is 10.3 Å². The lowest BCUT2D eigenvalue weighted by molar-refractivity contribution is -0.126. The van der Waals surface area contributed by atoms with Crippen LogP contribution in [0.3, 0.4) is 0 Å². The lowest BCUT2D eigenvalue weighted by Gasteiger charge is -2.30. The van der Waals surface area contributed by atoms with Gasteiger partial charge in [-0.15, -0.1) is 0 Å². The first-order chi connectivity index (χ1) is 13.0. The highest BCUT2D eigenvalue weighted by Crippen LogP contribution is 2.21. The molecule has 5 nitrogen and oxygen atoms in total. The molecule has 1 amide bonds. The number of hydrazone groups is 1. The molecule has 2 aromatic carbocycles. The number of nitrogens with zero attached hydrogens (tertiary/aromatic N) is 2. The number of hydrogen-bond acceptors (Lipinski definition) is 4. The SMILES string of the molecule is O=C(N/N=C\c1cc(Br)ccc1O)C1CCN(Cc2ccc(Br)cc2)CC1. The maximum atomic E-state index is 12.3. The third kappa shape index (κ3) is 5.89. The lowest BCUT2D eigenvalue weighted by atomic mass is 9.96. The van der Waals surface area contributed by atoms with E-state index in [0.717, 1.165) is 41.4 Å². The summed E-state index contributed by atoms with van der Waals surface area (Å²) in [4.78, 5) is 14.7. The zero-order valence-corrected chi connectivity index (χ0v) is 17.9. The summed E-state index contributed by atoms with van der Waals surface area (Å²) in [6, 6.07) is 13.4. The van der Waals surface area contributed by atoms with Gasteiger partial charge in [0.2, 0.25) is 5.91 Å². The van der Waals surface area contributed by atoms with E-state index in [1.807, 2.05) is 0 Å². The standard InChI is InChI=1S/C20H21Br2N3O2/c21-17-3-1-14(2-4-17)13-25-9-7-15(8-10-25)20(27)24-23-12-16-11-18(22)5-6-19(16)26/h1-6,11-12,15,26H,7-10,13H2,(H,24,27)/b23-12-. The Bertz CT molecular complexity index is 816. The molecule has 0 atom stereocenters. The largest absolute Gasteiger partial charge is 0.507 e. The van der Waals surface area contributed by atoms with Gasteiger partial charge in [-0.2, -0.15) is 5.10 Å². The van der Waals surface area contributed by atoms with E-state index in [2.05, 4.69) is 71.6 Å². The third-order valence-electron chi connectivity index (χ3n) is 4.65. The fourth-order valence-electron chi connectivity index (χ4n) is 3.09. The van der Waals surface area contributed by atoms with E-state index in [0.29, 0.717) is 5.56 Å². The number of hydrogen-bond donors (Lipinski definition) is 2. The molecule has 27 heavy (non-hydrogen) atoms. The fraction of sp³-hybridized carbons (Fsp3) is 0.300. The quantitative estimate of drug-likeness (QED) is 0.481. The van der Waals surface area contributed by atoms with Crippen LogP contribution in [0.4, 0.5) is 0 Å². The summed E-state index contributed by atoms with van der Waals surface area (Å²) in [6.45, 7) is 2.69. The van der Waals surface area contributed by atoms with Gasteiger partial charge in [0.1, 0.15) is 5.75 Å². The Balaban J connectivity index is 1.46. The molecule has 1 aliphatic rings. The van der Waals surface area contributed by atoms with E-state index in [-0.39, 0.29) is 17.6 Å². The van der Waals surface area contributed by atoms with Gasteiger partial charge in [-0.3, -0.25) is 9.69 Å². The molecule has 1 saturated heterocycles. The van der Waals surface area contributed by atoms with Gasteiger partial charge in [-0.05, 0) is 61.8 Å². The van der Waals surface area contributed by atoms with Gasteiger partial charge in [-0.25, -0.2) is 5.43 Å². The monoisotopic (exact) mass is 493 g/mol. The minimum Gasteiger partial charge on any atom is -0.507 e. The van der Waals surface area contributed by atoms with Gasteiger partial charge in [0.25, 0.3) is 0 Å². The van der Waals surface area contributed by atoms with Crippen LogP contribution in [0.2, 0.25) is 0 Å². The Morgan fingerprint density at radius 1 is 1.15 bits per heavy atom. The third-order valence-corrected chi connectivity index (χ3v) is 5.67. The van der Waals surface area contributed by atoms with E-state index in [9.17, 15) is 9.90 Å². The molecular formula is C20H21Br2N3O2. The molecule has 0 radical (unpaired) electrons. The molecule has 142 valence electrons. The van der Waals surface area contributed by atoms with Crippen molar-refractivity contribution in [3.63, 3.8) is 0 Å². The normalized spacial score (nSPS) is 15.9. The molecule has 0 aromatic heterocycles. The van der Waals surface area contributed by atoms with E-state index < -0.39 is 0 Å². The zero-order chi connectivity index (χ0) is 19.2. The Labute approximate surface area is 175 Å². The van der Waals surface area contributed by atoms with Crippen LogP contribution in [0.15, 0.2) is 56.5 Å². The maximum Gasteiger partial charge on any atom is 0.243 e. The number of halogens is 2. The van der Waals surface area contributed by atoms with Crippen molar-refractivity contribution in [3.8, 4) is 5.75 Å². The smallest absolute Gasteiger partial charge is 0.243 e. The van der Waals surface area contributed by atoms with E-state index in [1.54, 1.807) is 18.2 Å². The van der Waals surface area contributed by atoms with E-state index in [4.69, 9.17) is 0 Å². The predicted molar refractivity (Wildman–Crippen MR) is 114 cm³/mol. The van der Waals surface area contributed by atoms with E-state index >= 15 is 0 Å². The van der Waals surface area contributed by atoms with Gasteiger partial charge in [-0.1, -0.05) is 44.0 Å². The minimum atomic E-state index is -0.0657. The molecule has 0 bridgehead atoms. The summed E-state index contributed by atoms with van der Waals surface area (Å²) in [5, 5.41) is 13.8. The summed E-state index contributed by atoms with van der Waals surface area (Å²) in [6.07, 6.45) is 3.10. The highest BCUT2D eigenvalue weighted by Gasteiger charge is 2.24. The summed E-state index contributed by atoms with van der Waals surface area (Å²) in [5.41, 5.74) is 4.43. The number of carbonyl (C=O) groups is 1. The Hall–Kier alpha value is -1.70. The first kappa shape index (κ1) is 20.0. The number of amides is 1. The van der Waals surface area contributed by atoms with E-state index in [1.165, 1.54) is 11.8 Å². The number of benzene rings is 2. The van der Waals surface area contributed by atoms with Crippen LogP contribution in [0, 0.1) is 5.92 Å². The number of phenols is 1. The lowest BCUT2D eigenvalue weighted by Crippen LogP contribution is -2.39. The van der Waals surface area contributed by atoms with Crippen molar-refractivity contribution in [1.29, 1.82) is 0 Å². The molecule has 1 heterocycles. The second-order valence-corrected chi connectivity index (χ2v) is 8.45. The number of aromatic hydroxyl groups is 1. The number of piperidine rings is 1. The summed E-state index contributed by atoms with van der Waals surface area (Å²) in [7, 11) is 0. The molecule has 0 aliphatic carbocycles. The number of phenolic OH excluding ortho intramolecular Hbond substituents is 1. The van der Waals surface area contributed by atoms with Crippen molar-refractivity contribution < 1.29 is 9.90 Å². The number of rotatable bonds is 5. The second-order valence-electron chi connectivity index (χ2n) is 6.61. The van der Waals surface area contributed by atoms with Crippen molar-refractivity contribution in [2.45, 2.75) is 19.4 Å². The number of nitrogens with one attached hydrogen (secondary N) is 1. The molecule has 3 rings (SSSR count). The molecule has 0 spiro atoms. The average Bonchev–Trinajstić information content (AvgIpc) is 2.67. The Morgan fingerprint density at radius 3 is 2.52 bits per heavy atom. The molecule has 0 saturated carbocycles. The van der Waals surface area contributed by atoms with Gasteiger partial charge >= 0.3 is 0 Å². The van der Waals surface area contributed by atoms with Crippen LogP contribution in [-0.4, -0.2) is 35.2 Å². The Morgan fingerprint density at radius 2 is 1.81 bits per heavy atom. The second kappa shape index (κ2) is 9.48. The van der Waals surface area contributed by atoms with Crippen molar-refractivity contribution in [3.05, 3.63) is 62.5 Å². The topological polar surface area (TPSA) is 64.9 Å². The summed E-state index contributed by atoms with van der Waals surface area (Å²) >= 11 is 6.80. The molecule has 0 unspecified atom stereocenters.